The van der Waals surface area contributed by atoms with Gasteiger partial charge >= 0.3 is 0 Å². The molecule has 0 radical (unpaired) electrons. The van der Waals surface area contributed by atoms with Crippen molar-refractivity contribution in [2.24, 2.45) is 0 Å². The van der Waals surface area contributed by atoms with Gasteiger partial charge in [0.05, 0.1) is 22.5 Å². The van der Waals surface area contributed by atoms with Gasteiger partial charge in [-0.2, -0.15) is 0 Å². The van der Waals surface area contributed by atoms with E-state index in [4.69, 9.17) is 9.72 Å². The molecule has 0 amide bonds. The maximum Gasteiger partial charge on any atom is 0.129 e. The third kappa shape index (κ3) is 7.50. The molecule has 0 atom stereocenters. The molecule has 0 N–H and O–H groups in total. The topological polar surface area (TPSA) is 28.6 Å². The zero-order valence-electron chi connectivity index (χ0n) is 40.7. The summed E-state index contributed by atoms with van der Waals surface area (Å²) in [6.07, 6.45) is 1.91. The predicted octanol–water partition coefficient (Wildman–Crippen LogP) is 16.4. The van der Waals surface area contributed by atoms with Gasteiger partial charge in [0.2, 0.25) is 0 Å². The fourth-order valence-electron chi connectivity index (χ4n) is 10.9. The van der Waals surface area contributed by atoms with Gasteiger partial charge in [-0.15, -0.1) is 0 Å². The molecule has 9 aromatic rings. The molecule has 1 aliphatic heterocycles. The lowest BCUT2D eigenvalue weighted by Crippen LogP contribution is -2.29. The van der Waals surface area contributed by atoms with Gasteiger partial charge in [0.25, 0.3) is 0 Å². The van der Waals surface area contributed by atoms with E-state index in [1.807, 2.05) is 12.3 Å². The molecule has 2 aliphatic rings. The van der Waals surface area contributed by atoms with Gasteiger partial charge in [0, 0.05) is 34.5 Å². The van der Waals surface area contributed by atoms with Crippen molar-refractivity contribution in [2.45, 2.75) is 70.1 Å². The van der Waals surface area contributed by atoms with Crippen LogP contribution in [-0.4, -0.2) is 11.7 Å². The normalized spacial score (nSPS) is 14.0. The molecule has 340 valence electrons. The first-order valence-corrected chi connectivity index (χ1v) is 24.3. The largest absolute Gasteiger partial charge is 0.457 e. The maximum absolute atomic E-state index is 7.10. The Bertz CT molecular complexity index is 3220. The average molecular weight is 898 g/mol. The second-order valence-electron chi connectivity index (χ2n) is 20.9. The van der Waals surface area contributed by atoms with Crippen LogP contribution < -0.4 is 14.5 Å². The van der Waals surface area contributed by atoms with Crippen LogP contribution in [0.15, 0.2) is 219 Å². The van der Waals surface area contributed by atoms with Crippen LogP contribution >= 0.6 is 0 Å². The SMILES string of the molecule is CC(C)(C)c1cc(Oc2cccc(C3(c4ccccn4)c4ccccc4-c4ccccc43)c2)cc(N2CN(c3cc(C(C)(C)c4ccccc4)cc(C(C)(C)c4ccccc4)c3)c3ccccc32)c1. The Hall–Kier alpha value is -7.69. The molecule has 69 heavy (non-hydrogen) atoms. The molecule has 4 heteroatoms. The lowest BCUT2D eigenvalue weighted by molar-refractivity contribution is 0.477. The molecule has 1 aliphatic carbocycles. The number of ether oxygens (including phenoxy) is 1. The van der Waals surface area contributed by atoms with E-state index in [0.29, 0.717) is 6.67 Å². The van der Waals surface area contributed by atoms with Crippen molar-refractivity contribution in [1.82, 2.24) is 4.98 Å². The summed E-state index contributed by atoms with van der Waals surface area (Å²) in [6, 6.07) is 77.2. The summed E-state index contributed by atoms with van der Waals surface area (Å²) in [5, 5.41) is 0. The highest BCUT2D eigenvalue weighted by Gasteiger charge is 2.47. The van der Waals surface area contributed by atoms with Crippen LogP contribution in [0.5, 0.6) is 11.5 Å². The van der Waals surface area contributed by atoms with Crippen LogP contribution in [0.1, 0.15) is 98.7 Å². The lowest BCUT2D eigenvalue weighted by atomic mass is 9.70. The van der Waals surface area contributed by atoms with Crippen molar-refractivity contribution in [3.8, 4) is 22.6 Å². The first kappa shape index (κ1) is 43.9. The van der Waals surface area contributed by atoms with Crippen molar-refractivity contribution >= 4 is 22.7 Å². The second-order valence-corrected chi connectivity index (χ2v) is 20.9. The van der Waals surface area contributed by atoms with E-state index in [2.05, 4.69) is 265 Å². The highest BCUT2D eigenvalue weighted by Crippen LogP contribution is 2.56. The number of hydrogen-bond acceptors (Lipinski definition) is 4. The van der Waals surface area contributed by atoms with E-state index in [-0.39, 0.29) is 16.2 Å². The summed E-state index contributed by atoms with van der Waals surface area (Å²) in [5.41, 5.74) is 16.7. The van der Waals surface area contributed by atoms with Gasteiger partial charge in [0.15, 0.2) is 0 Å². The molecule has 11 rings (SSSR count). The minimum atomic E-state index is -0.626. The Balaban J connectivity index is 1.01. The van der Waals surface area contributed by atoms with Gasteiger partial charge in [-0.25, -0.2) is 0 Å². The summed E-state index contributed by atoms with van der Waals surface area (Å²) in [5.74, 6) is 1.57. The molecule has 4 nitrogen and oxygen atoms in total. The Labute approximate surface area is 408 Å². The summed E-state index contributed by atoms with van der Waals surface area (Å²) in [7, 11) is 0. The minimum absolute atomic E-state index is 0.148. The van der Waals surface area contributed by atoms with E-state index in [1.54, 1.807) is 0 Å². The fourth-order valence-corrected chi connectivity index (χ4v) is 10.9. The van der Waals surface area contributed by atoms with Gasteiger partial charge in [-0.3, -0.25) is 4.98 Å². The van der Waals surface area contributed by atoms with Crippen LogP contribution in [0, 0.1) is 0 Å². The highest BCUT2D eigenvalue weighted by molar-refractivity contribution is 5.88. The number of nitrogens with zero attached hydrogens (tertiary/aromatic N) is 3. The molecular weight excluding hydrogens is 839 g/mol. The van der Waals surface area contributed by atoms with E-state index in [9.17, 15) is 0 Å². The summed E-state index contributed by atoms with van der Waals surface area (Å²) < 4.78 is 7.10. The molecule has 1 aromatic heterocycles. The molecule has 0 fully saturated rings. The monoisotopic (exact) mass is 897 g/mol. The molecule has 2 heterocycles. The quantitative estimate of drug-likeness (QED) is 0.137. The first-order chi connectivity index (χ1) is 33.3. The Morgan fingerprint density at radius 3 is 1.48 bits per heavy atom. The molecule has 0 saturated carbocycles. The fraction of sp³-hybridized carbons (Fsp3) is 0.185. The van der Waals surface area contributed by atoms with E-state index in [1.165, 1.54) is 61.4 Å². The number of rotatable bonds is 10. The lowest BCUT2D eigenvalue weighted by Gasteiger charge is -2.33. The van der Waals surface area contributed by atoms with Gasteiger partial charge in [0.1, 0.15) is 18.2 Å². The first-order valence-electron chi connectivity index (χ1n) is 24.3. The van der Waals surface area contributed by atoms with Crippen molar-refractivity contribution in [3.63, 3.8) is 0 Å². The smallest absolute Gasteiger partial charge is 0.129 e. The third-order valence-corrected chi connectivity index (χ3v) is 15.0. The number of pyridine rings is 1. The van der Waals surface area contributed by atoms with E-state index in [0.717, 1.165) is 34.1 Å². The van der Waals surface area contributed by atoms with E-state index >= 15 is 0 Å². The van der Waals surface area contributed by atoms with Gasteiger partial charge in [-0.05, 0) is 122 Å². The zero-order chi connectivity index (χ0) is 47.5. The van der Waals surface area contributed by atoms with Crippen molar-refractivity contribution < 1.29 is 4.74 Å². The van der Waals surface area contributed by atoms with E-state index < -0.39 is 5.41 Å². The zero-order valence-corrected chi connectivity index (χ0v) is 40.7. The second kappa shape index (κ2) is 16.8. The molecule has 8 aromatic carbocycles. The number of fused-ring (bicyclic) bond motifs is 4. The van der Waals surface area contributed by atoms with Gasteiger partial charge < -0.3 is 14.5 Å². The number of hydrogen-bond donors (Lipinski definition) is 0. The number of aromatic nitrogens is 1. The van der Waals surface area contributed by atoms with Gasteiger partial charge in [-0.1, -0.05) is 194 Å². The van der Waals surface area contributed by atoms with Crippen molar-refractivity contribution in [2.75, 3.05) is 16.5 Å². The van der Waals surface area contributed by atoms with Crippen molar-refractivity contribution in [3.05, 3.63) is 269 Å². The molecule has 0 unspecified atom stereocenters. The standard InChI is InChI=1S/C65H59N3O/c1-62(2,3)48-38-52(43-54(42-48)69-53-28-22-27-47(41-53)65(61-35-20-21-36-66-61)57-31-16-14-29-55(57)56-30-15-17-32-58(56)65)68-44-67(59-33-18-19-34-60(59)68)51-39-49(63(4,5)45-23-10-8-11-24-45)37-50(40-51)64(6,7)46-25-12-9-13-26-46/h8-43H,44H2,1-7H3. The van der Waals surface area contributed by atoms with Crippen LogP contribution in [-0.2, 0) is 21.7 Å². The maximum atomic E-state index is 7.10. The Morgan fingerprint density at radius 1 is 0.420 bits per heavy atom. The summed E-state index contributed by atoms with van der Waals surface area (Å²) in [6.45, 7) is 16.9. The van der Waals surface area contributed by atoms with Crippen LogP contribution in [0.3, 0.4) is 0 Å². The number of anilines is 4. The molecule has 0 saturated heterocycles. The number of para-hydroxylation sites is 2. The van der Waals surface area contributed by atoms with Crippen molar-refractivity contribution in [1.29, 1.82) is 0 Å². The van der Waals surface area contributed by atoms with Crippen LogP contribution in [0.4, 0.5) is 22.7 Å². The highest BCUT2D eigenvalue weighted by atomic mass is 16.5. The Kier molecular flexibility index (Phi) is 10.7. The predicted molar refractivity (Wildman–Crippen MR) is 286 cm³/mol. The molecule has 0 spiro atoms. The molecular formula is C65H59N3O. The number of benzene rings is 8. The van der Waals surface area contributed by atoms with Crippen LogP contribution in [0.25, 0.3) is 11.1 Å². The van der Waals surface area contributed by atoms with Crippen LogP contribution in [0.2, 0.25) is 0 Å². The average Bonchev–Trinajstić information content (AvgIpc) is 3.92. The summed E-state index contributed by atoms with van der Waals surface area (Å²) in [4.78, 5) is 10.0. The third-order valence-electron chi connectivity index (χ3n) is 15.0. The summed E-state index contributed by atoms with van der Waals surface area (Å²) >= 11 is 0. The minimum Gasteiger partial charge on any atom is -0.457 e. The Morgan fingerprint density at radius 2 is 0.928 bits per heavy atom. The molecule has 0 bridgehead atoms.